The maximum Gasteiger partial charge on any atom is 0.246 e. The van der Waals surface area contributed by atoms with E-state index in [1.54, 1.807) is 6.08 Å². The predicted molar refractivity (Wildman–Crippen MR) is 80.5 cm³/mol. The second-order valence-corrected chi connectivity index (χ2v) is 5.11. The Morgan fingerprint density at radius 3 is 2.75 bits per heavy atom. The quantitative estimate of drug-likeness (QED) is 0.789. The van der Waals surface area contributed by atoms with Gasteiger partial charge in [0.15, 0.2) is 0 Å². The molecule has 1 aromatic rings. The van der Waals surface area contributed by atoms with Gasteiger partial charge in [0, 0.05) is 19.0 Å². The molecule has 0 radical (unpaired) electrons. The molecule has 0 saturated heterocycles. The van der Waals surface area contributed by atoms with Gasteiger partial charge in [-0.25, -0.2) is 0 Å². The van der Waals surface area contributed by atoms with Crippen molar-refractivity contribution in [2.45, 2.75) is 39.4 Å². The SMILES string of the molecule is CCN(CC)C(=O)/C=C/[C@H]1c2ccccc2CO[C@H]1C. The summed E-state index contributed by atoms with van der Waals surface area (Å²) in [6.07, 6.45) is 3.79. The molecule has 0 saturated carbocycles. The average molecular weight is 273 g/mol. The number of carbonyl (C=O) groups is 1. The zero-order valence-electron chi connectivity index (χ0n) is 12.5. The van der Waals surface area contributed by atoms with Crippen LogP contribution >= 0.6 is 0 Å². The Morgan fingerprint density at radius 2 is 2.05 bits per heavy atom. The summed E-state index contributed by atoms with van der Waals surface area (Å²) >= 11 is 0. The van der Waals surface area contributed by atoms with Crippen molar-refractivity contribution in [1.82, 2.24) is 4.90 Å². The highest BCUT2D eigenvalue weighted by Gasteiger charge is 2.25. The molecule has 2 atom stereocenters. The van der Waals surface area contributed by atoms with Crippen molar-refractivity contribution in [2.75, 3.05) is 13.1 Å². The lowest BCUT2D eigenvalue weighted by atomic mass is 9.88. The van der Waals surface area contributed by atoms with Crippen LogP contribution in [-0.2, 0) is 16.1 Å². The van der Waals surface area contributed by atoms with E-state index in [2.05, 4.69) is 19.1 Å². The molecule has 20 heavy (non-hydrogen) atoms. The standard InChI is InChI=1S/C17H23NO2/c1-4-18(5-2)17(19)11-10-15-13(3)20-12-14-8-6-7-9-16(14)15/h6-11,13,15H,4-5,12H2,1-3H3/b11-10+/t13-,15+/m0/s1. The van der Waals surface area contributed by atoms with Gasteiger partial charge in [0.05, 0.1) is 12.7 Å². The Balaban J connectivity index is 2.18. The lowest BCUT2D eigenvalue weighted by Gasteiger charge is -2.29. The summed E-state index contributed by atoms with van der Waals surface area (Å²) < 4.78 is 5.79. The van der Waals surface area contributed by atoms with Gasteiger partial charge in [0.25, 0.3) is 0 Å². The number of ether oxygens (including phenoxy) is 1. The van der Waals surface area contributed by atoms with E-state index in [1.165, 1.54) is 11.1 Å². The fourth-order valence-electron chi connectivity index (χ4n) is 2.66. The minimum atomic E-state index is 0.0743. The first-order chi connectivity index (χ1) is 9.67. The average Bonchev–Trinajstić information content (AvgIpc) is 2.47. The van der Waals surface area contributed by atoms with Gasteiger partial charge in [-0.1, -0.05) is 30.3 Å². The Labute approximate surface area is 121 Å². The summed E-state index contributed by atoms with van der Waals surface area (Å²) in [4.78, 5) is 13.9. The van der Waals surface area contributed by atoms with Crippen LogP contribution in [0, 0.1) is 0 Å². The van der Waals surface area contributed by atoms with Crippen LogP contribution in [0.4, 0.5) is 0 Å². The summed E-state index contributed by atoms with van der Waals surface area (Å²) in [6.45, 7) is 8.20. The molecule has 0 unspecified atom stereocenters. The monoisotopic (exact) mass is 273 g/mol. The van der Waals surface area contributed by atoms with Gasteiger partial charge in [-0.2, -0.15) is 0 Å². The Morgan fingerprint density at radius 1 is 1.35 bits per heavy atom. The minimum Gasteiger partial charge on any atom is -0.373 e. The van der Waals surface area contributed by atoms with Crippen molar-refractivity contribution in [3.8, 4) is 0 Å². The second kappa shape index (κ2) is 6.71. The van der Waals surface area contributed by atoms with Crippen molar-refractivity contribution in [1.29, 1.82) is 0 Å². The van der Waals surface area contributed by atoms with Crippen LogP contribution < -0.4 is 0 Å². The van der Waals surface area contributed by atoms with Gasteiger partial charge < -0.3 is 9.64 Å². The second-order valence-electron chi connectivity index (χ2n) is 5.11. The summed E-state index contributed by atoms with van der Waals surface area (Å²) in [5.41, 5.74) is 2.49. The van der Waals surface area contributed by atoms with Crippen molar-refractivity contribution in [2.24, 2.45) is 0 Å². The third-order valence-electron chi connectivity index (χ3n) is 3.94. The summed E-state index contributed by atoms with van der Waals surface area (Å²) in [5, 5.41) is 0. The number of hydrogen-bond donors (Lipinski definition) is 0. The summed E-state index contributed by atoms with van der Waals surface area (Å²) in [7, 11) is 0. The van der Waals surface area contributed by atoms with Crippen LogP contribution in [0.15, 0.2) is 36.4 Å². The number of likely N-dealkylation sites (N-methyl/N-ethyl adjacent to an activating group) is 1. The third kappa shape index (κ3) is 3.10. The van der Waals surface area contributed by atoms with Crippen LogP contribution in [0.5, 0.6) is 0 Å². The first kappa shape index (κ1) is 14.8. The highest BCUT2D eigenvalue weighted by atomic mass is 16.5. The lowest BCUT2D eigenvalue weighted by Crippen LogP contribution is -2.29. The number of carbonyl (C=O) groups excluding carboxylic acids is 1. The van der Waals surface area contributed by atoms with E-state index in [9.17, 15) is 4.79 Å². The molecule has 1 aliphatic heterocycles. The van der Waals surface area contributed by atoms with Gasteiger partial charge in [0.1, 0.15) is 0 Å². The van der Waals surface area contributed by atoms with Crippen LogP contribution in [0.1, 0.15) is 37.8 Å². The van der Waals surface area contributed by atoms with Crippen molar-refractivity contribution in [3.05, 3.63) is 47.5 Å². The number of rotatable bonds is 4. The van der Waals surface area contributed by atoms with E-state index >= 15 is 0 Å². The Bertz CT molecular complexity index is 492. The molecule has 1 heterocycles. The maximum atomic E-state index is 12.1. The van der Waals surface area contributed by atoms with Gasteiger partial charge in [0.2, 0.25) is 5.91 Å². The van der Waals surface area contributed by atoms with Crippen molar-refractivity contribution in [3.63, 3.8) is 0 Å². The normalized spacial score (nSPS) is 21.8. The molecule has 0 bridgehead atoms. The minimum absolute atomic E-state index is 0.0743. The number of amides is 1. The topological polar surface area (TPSA) is 29.5 Å². The van der Waals surface area contributed by atoms with Crippen LogP contribution in [0.2, 0.25) is 0 Å². The van der Waals surface area contributed by atoms with Crippen molar-refractivity contribution >= 4 is 5.91 Å². The highest BCUT2D eigenvalue weighted by Crippen LogP contribution is 2.32. The van der Waals surface area contributed by atoms with Crippen LogP contribution in [0.3, 0.4) is 0 Å². The Kier molecular flexibility index (Phi) is 4.96. The fraction of sp³-hybridized carbons (Fsp3) is 0.471. The molecule has 1 aromatic carbocycles. The van der Waals surface area contributed by atoms with E-state index in [0.29, 0.717) is 6.61 Å². The fourth-order valence-corrected chi connectivity index (χ4v) is 2.66. The molecule has 0 aliphatic carbocycles. The van der Waals surface area contributed by atoms with Crippen LogP contribution in [-0.4, -0.2) is 30.0 Å². The zero-order chi connectivity index (χ0) is 14.5. The highest BCUT2D eigenvalue weighted by molar-refractivity contribution is 5.87. The lowest BCUT2D eigenvalue weighted by molar-refractivity contribution is -0.125. The molecule has 1 amide bonds. The molecule has 0 aromatic heterocycles. The van der Waals surface area contributed by atoms with E-state index < -0.39 is 0 Å². The first-order valence-corrected chi connectivity index (χ1v) is 7.33. The van der Waals surface area contributed by atoms with Crippen molar-refractivity contribution < 1.29 is 9.53 Å². The third-order valence-corrected chi connectivity index (χ3v) is 3.94. The van der Waals surface area contributed by atoms with Crippen LogP contribution in [0.25, 0.3) is 0 Å². The zero-order valence-corrected chi connectivity index (χ0v) is 12.5. The Hall–Kier alpha value is -1.61. The van der Waals surface area contributed by atoms with E-state index in [1.807, 2.05) is 37.0 Å². The molecule has 0 N–H and O–H groups in total. The molecule has 2 rings (SSSR count). The number of nitrogens with zero attached hydrogens (tertiary/aromatic N) is 1. The predicted octanol–water partition coefficient (Wildman–Crippen LogP) is 3.11. The molecule has 3 heteroatoms. The molecule has 0 fully saturated rings. The number of fused-ring (bicyclic) bond motifs is 1. The maximum absolute atomic E-state index is 12.1. The number of hydrogen-bond acceptors (Lipinski definition) is 2. The molecule has 0 spiro atoms. The largest absolute Gasteiger partial charge is 0.373 e. The first-order valence-electron chi connectivity index (χ1n) is 7.33. The van der Waals surface area contributed by atoms with E-state index in [4.69, 9.17) is 4.74 Å². The van der Waals surface area contributed by atoms with Gasteiger partial charge in [-0.3, -0.25) is 4.79 Å². The molecule has 1 aliphatic rings. The molecular formula is C17H23NO2. The molecule has 108 valence electrons. The number of benzene rings is 1. The van der Waals surface area contributed by atoms with Gasteiger partial charge in [-0.15, -0.1) is 0 Å². The molecular weight excluding hydrogens is 250 g/mol. The van der Waals surface area contributed by atoms with Gasteiger partial charge >= 0.3 is 0 Å². The summed E-state index contributed by atoms with van der Waals surface area (Å²) in [5.74, 6) is 0.227. The van der Waals surface area contributed by atoms with E-state index in [0.717, 1.165) is 13.1 Å². The summed E-state index contributed by atoms with van der Waals surface area (Å²) in [6, 6.07) is 8.30. The van der Waals surface area contributed by atoms with Gasteiger partial charge in [-0.05, 0) is 38.0 Å². The molecule has 3 nitrogen and oxygen atoms in total. The van der Waals surface area contributed by atoms with E-state index in [-0.39, 0.29) is 17.9 Å². The smallest absolute Gasteiger partial charge is 0.246 e.